The quantitative estimate of drug-likeness (QED) is 0.802. The average Bonchev–Trinajstić information content (AvgIpc) is 2.22. The van der Waals surface area contributed by atoms with E-state index in [-0.39, 0.29) is 29.2 Å². The number of carbonyl (C=O) groups excluding carboxylic acids is 2. The zero-order valence-electron chi connectivity index (χ0n) is 13.0. The SMILES string of the molecule is CC(C)C(=O)NC(C)(C)CCC(C)C(=O)N1CCC1. The van der Waals surface area contributed by atoms with Gasteiger partial charge in [-0.2, -0.15) is 0 Å². The first-order chi connectivity index (χ1) is 8.73. The van der Waals surface area contributed by atoms with E-state index in [1.54, 1.807) is 0 Å². The van der Waals surface area contributed by atoms with Crippen LogP contribution >= 0.6 is 0 Å². The number of nitrogens with zero attached hydrogens (tertiary/aromatic N) is 1. The summed E-state index contributed by atoms with van der Waals surface area (Å²) in [5.74, 6) is 0.388. The predicted octanol–water partition coefficient (Wildman–Crippen LogP) is 2.19. The third-order valence-electron chi connectivity index (χ3n) is 3.78. The van der Waals surface area contributed by atoms with Crippen molar-refractivity contribution in [1.29, 1.82) is 0 Å². The van der Waals surface area contributed by atoms with E-state index < -0.39 is 0 Å². The third-order valence-corrected chi connectivity index (χ3v) is 3.78. The summed E-state index contributed by atoms with van der Waals surface area (Å²) in [7, 11) is 0. The third kappa shape index (κ3) is 4.84. The van der Waals surface area contributed by atoms with Gasteiger partial charge in [0.15, 0.2) is 0 Å². The standard InChI is InChI=1S/C15H28N2O2/c1-11(2)13(18)16-15(4,5)8-7-12(3)14(19)17-9-6-10-17/h11-12H,6-10H2,1-5H3,(H,16,18). The van der Waals surface area contributed by atoms with Crippen LogP contribution in [0.5, 0.6) is 0 Å². The van der Waals surface area contributed by atoms with Crippen molar-refractivity contribution in [3.63, 3.8) is 0 Å². The molecule has 0 saturated carbocycles. The van der Waals surface area contributed by atoms with Gasteiger partial charge in [-0.25, -0.2) is 0 Å². The van der Waals surface area contributed by atoms with Gasteiger partial charge >= 0.3 is 0 Å². The van der Waals surface area contributed by atoms with Gasteiger partial charge in [-0.15, -0.1) is 0 Å². The fourth-order valence-electron chi connectivity index (χ4n) is 2.09. The van der Waals surface area contributed by atoms with Gasteiger partial charge in [0.2, 0.25) is 11.8 Å². The average molecular weight is 268 g/mol. The lowest BCUT2D eigenvalue weighted by Crippen LogP contribution is -2.47. The monoisotopic (exact) mass is 268 g/mol. The minimum Gasteiger partial charge on any atom is -0.351 e. The van der Waals surface area contributed by atoms with Gasteiger partial charge in [-0.1, -0.05) is 20.8 Å². The molecule has 1 aliphatic rings. The first-order valence-electron chi connectivity index (χ1n) is 7.34. The van der Waals surface area contributed by atoms with Crippen LogP contribution < -0.4 is 5.32 Å². The summed E-state index contributed by atoms with van der Waals surface area (Å²) in [6, 6.07) is 0. The summed E-state index contributed by atoms with van der Waals surface area (Å²) in [6.07, 6.45) is 2.78. The molecule has 1 heterocycles. The highest BCUT2D eigenvalue weighted by Crippen LogP contribution is 2.20. The number of hydrogen-bond donors (Lipinski definition) is 1. The smallest absolute Gasteiger partial charge is 0.225 e. The van der Waals surface area contributed by atoms with Gasteiger partial charge in [0.1, 0.15) is 0 Å². The Kier molecular flexibility index (Phi) is 5.39. The molecule has 1 saturated heterocycles. The Morgan fingerprint density at radius 2 is 1.79 bits per heavy atom. The topological polar surface area (TPSA) is 49.4 Å². The number of hydrogen-bond acceptors (Lipinski definition) is 2. The highest BCUT2D eigenvalue weighted by molar-refractivity contribution is 5.79. The van der Waals surface area contributed by atoms with Crippen LogP contribution in [-0.4, -0.2) is 35.3 Å². The Morgan fingerprint density at radius 3 is 2.21 bits per heavy atom. The van der Waals surface area contributed by atoms with Crippen molar-refractivity contribution in [2.45, 2.75) is 59.4 Å². The van der Waals surface area contributed by atoms with Crippen molar-refractivity contribution in [3.8, 4) is 0 Å². The van der Waals surface area contributed by atoms with Crippen molar-refractivity contribution in [3.05, 3.63) is 0 Å². The molecule has 0 aromatic rings. The number of amides is 2. The lowest BCUT2D eigenvalue weighted by atomic mass is 9.91. The molecule has 0 aromatic heterocycles. The molecular weight excluding hydrogens is 240 g/mol. The van der Waals surface area contributed by atoms with Crippen LogP contribution in [0.2, 0.25) is 0 Å². The van der Waals surface area contributed by atoms with Crippen molar-refractivity contribution < 1.29 is 9.59 Å². The zero-order valence-corrected chi connectivity index (χ0v) is 13.0. The molecule has 1 unspecified atom stereocenters. The van der Waals surface area contributed by atoms with E-state index in [1.807, 2.05) is 39.5 Å². The van der Waals surface area contributed by atoms with Crippen molar-refractivity contribution in [2.24, 2.45) is 11.8 Å². The van der Waals surface area contributed by atoms with Crippen LogP contribution in [0.25, 0.3) is 0 Å². The van der Waals surface area contributed by atoms with Crippen LogP contribution in [0.1, 0.15) is 53.9 Å². The summed E-state index contributed by atoms with van der Waals surface area (Å²) in [5, 5.41) is 3.04. The minimum atomic E-state index is -0.245. The fraction of sp³-hybridized carbons (Fsp3) is 0.867. The van der Waals surface area contributed by atoms with Gasteiger partial charge in [0.25, 0.3) is 0 Å². The second-order valence-electron chi connectivity index (χ2n) is 6.65. The Morgan fingerprint density at radius 1 is 1.21 bits per heavy atom. The maximum absolute atomic E-state index is 12.0. The number of likely N-dealkylation sites (tertiary alicyclic amines) is 1. The van der Waals surface area contributed by atoms with Crippen molar-refractivity contribution in [2.75, 3.05) is 13.1 Å². The minimum absolute atomic E-state index is 0.000539. The van der Waals surface area contributed by atoms with Crippen LogP contribution in [0.3, 0.4) is 0 Å². The van der Waals surface area contributed by atoms with E-state index in [4.69, 9.17) is 0 Å². The molecule has 1 rings (SSSR count). The molecule has 1 fully saturated rings. The summed E-state index contributed by atoms with van der Waals surface area (Å²) in [5.41, 5.74) is -0.245. The maximum atomic E-state index is 12.0. The molecule has 0 spiro atoms. The second kappa shape index (κ2) is 6.40. The molecule has 1 atom stereocenters. The van der Waals surface area contributed by atoms with E-state index in [0.717, 1.165) is 32.4 Å². The molecule has 0 aliphatic carbocycles. The molecule has 0 radical (unpaired) electrons. The van der Waals surface area contributed by atoms with Gasteiger partial charge in [-0.05, 0) is 33.1 Å². The number of carbonyl (C=O) groups is 2. The molecule has 1 aliphatic heterocycles. The van der Waals surface area contributed by atoms with Crippen LogP contribution in [0.4, 0.5) is 0 Å². The molecule has 4 heteroatoms. The Balaban J connectivity index is 2.36. The maximum Gasteiger partial charge on any atom is 0.225 e. The van der Waals surface area contributed by atoms with E-state index in [9.17, 15) is 9.59 Å². The number of nitrogens with one attached hydrogen (secondary N) is 1. The lowest BCUT2D eigenvalue weighted by Gasteiger charge is -2.34. The van der Waals surface area contributed by atoms with Crippen LogP contribution in [0, 0.1) is 11.8 Å². The van der Waals surface area contributed by atoms with Crippen molar-refractivity contribution in [1.82, 2.24) is 10.2 Å². The van der Waals surface area contributed by atoms with Gasteiger partial charge in [-0.3, -0.25) is 9.59 Å². The first kappa shape index (κ1) is 16.0. The van der Waals surface area contributed by atoms with E-state index in [1.165, 1.54) is 0 Å². The Labute approximate surface area is 116 Å². The highest BCUT2D eigenvalue weighted by atomic mass is 16.2. The fourth-order valence-corrected chi connectivity index (χ4v) is 2.09. The molecule has 19 heavy (non-hydrogen) atoms. The van der Waals surface area contributed by atoms with E-state index in [0.29, 0.717) is 0 Å². The van der Waals surface area contributed by atoms with E-state index in [2.05, 4.69) is 5.32 Å². The molecule has 1 N–H and O–H groups in total. The van der Waals surface area contributed by atoms with E-state index >= 15 is 0 Å². The molecule has 0 aromatic carbocycles. The molecule has 4 nitrogen and oxygen atoms in total. The largest absolute Gasteiger partial charge is 0.351 e. The zero-order chi connectivity index (χ0) is 14.6. The van der Waals surface area contributed by atoms with Gasteiger partial charge in [0, 0.05) is 30.5 Å². The van der Waals surface area contributed by atoms with Crippen molar-refractivity contribution >= 4 is 11.8 Å². The van der Waals surface area contributed by atoms with Crippen LogP contribution in [-0.2, 0) is 9.59 Å². The molecular formula is C15H28N2O2. The normalized spacial score (nSPS) is 17.1. The first-order valence-corrected chi connectivity index (χ1v) is 7.34. The summed E-state index contributed by atoms with van der Waals surface area (Å²) in [4.78, 5) is 25.6. The lowest BCUT2D eigenvalue weighted by molar-refractivity contribution is -0.138. The molecule has 110 valence electrons. The summed E-state index contributed by atoms with van der Waals surface area (Å²) in [6.45, 7) is 11.6. The van der Waals surface area contributed by atoms with Crippen LogP contribution in [0.15, 0.2) is 0 Å². The summed E-state index contributed by atoms with van der Waals surface area (Å²) >= 11 is 0. The number of rotatable bonds is 6. The Hall–Kier alpha value is -1.06. The highest BCUT2D eigenvalue weighted by Gasteiger charge is 2.28. The Bertz CT molecular complexity index is 333. The summed E-state index contributed by atoms with van der Waals surface area (Å²) < 4.78 is 0. The second-order valence-corrected chi connectivity index (χ2v) is 6.65. The van der Waals surface area contributed by atoms with Gasteiger partial charge < -0.3 is 10.2 Å². The molecule has 0 bridgehead atoms. The predicted molar refractivity (Wildman–Crippen MR) is 76.7 cm³/mol. The molecule has 2 amide bonds. The van der Waals surface area contributed by atoms with Gasteiger partial charge in [0.05, 0.1) is 0 Å².